The number of nitrogens with zero attached hydrogens (tertiary/aromatic N) is 3. The number of benzene rings is 2. The molecule has 0 unspecified atom stereocenters. The molecule has 135 valence electrons. The number of hydrogen-bond donors (Lipinski definition) is 0. The average Bonchev–Trinajstić information content (AvgIpc) is 3.01. The Morgan fingerprint density at radius 1 is 1.04 bits per heavy atom. The summed E-state index contributed by atoms with van der Waals surface area (Å²) in [5.41, 5.74) is 3.30. The minimum atomic E-state index is -0.193. The Kier molecular flexibility index (Phi) is 5.02. The number of hydrogen-bond acceptors (Lipinski definition) is 2. The number of fused-ring (bicyclic) bond motifs is 1. The van der Waals surface area contributed by atoms with Crippen molar-refractivity contribution in [3.8, 4) is 0 Å². The van der Waals surface area contributed by atoms with Gasteiger partial charge in [0, 0.05) is 13.0 Å². The van der Waals surface area contributed by atoms with Crippen LogP contribution in [0.15, 0.2) is 48.5 Å². The van der Waals surface area contributed by atoms with Crippen LogP contribution in [0.4, 0.5) is 4.39 Å². The first-order valence-electron chi connectivity index (χ1n) is 9.43. The van der Waals surface area contributed by atoms with E-state index in [1.807, 2.05) is 18.2 Å². The van der Waals surface area contributed by atoms with E-state index in [1.54, 1.807) is 0 Å². The summed E-state index contributed by atoms with van der Waals surface area (Å²) in [7, 11) is 0. The molecular weight excluding hydrogens is 325 g/mol. The molecule has 4 rings (SSSR count). The van der Waals surface area contributed by atoms with Crippen molar-refractivity contribution in [3.05, 3.63) is 72.7 Å². The van der Waals surface area contributed by atoms with Gasteiger partial charge in [-0.15, -0.1) is 0 Å². The second-order valence-corrected chi connectivity index (χ2v) is 7.22. The standard InChI is InChI=1S/C22H25FN3/c1-2-25-13-11-17(12-14-25)15-22-24-20-5-3-4-6-21(20)26(22)16-18-7-9-19(23)10-8-18/h3-10,17H,1-2,11-16H2. The zero-order valence-electron chi connectivity index (χ0n) is 15.1. The lowest BCUT2D eigenvalue weighted by atomic mass is 9.93. The van der Waals surface area contributed by atoms with Gasteiger partial charge in [-0.25, -0.2) is 9.37 Å². The maximum absolute atomic E-state index is 13.2. The molecule has 2 heterocycles. The zero-order valence-corrected chi connectivity index (χ0v) is 15.1. The molecule has 0 saturated carbocycles. The van der Waals surface area contributed by atoms with Gasteiger partial charge in [-0.05, 0) is 75.1 Å². The van der Waals surface area contributed by atoms with Crippen molar-refractivity contribution in [1.82, 2.24) is 14.5 Å². The Hall–Kier alpha value is -2.20. The van der Waals surface area contributed by atoms with E-state index in [4.69, 9.17) is 4.98 Å². The topological polar surface area (TPSA) is 21.1 Å². The second-order valence-electron chi connectivity index (χ2n) is 7.22. The molecule has 1 fully saturated rings. The van der Waals surface area contributed by atoms with E-state index in [2.05, 4.69) is 34.6 Å². The molecule has 1 aliphatic heterocycles. The first kappa shape index (κ1) is 17.2. The molecule has 1 aromatic heterocycles. The van der Waals surface area contributed by atoms with Gasteiger partial charge >= 0.3 is 0 Å². The van der Waals surface area contributed by atoms with Crippen molar-refractivity contribution < 1.29 is 4.39 Å². The summed E-state index contributed by atoms with van der Waals surface area (Å²) < 4.78 is 15.5. The third-order valence-corrected chi connectivity index (χ3v) is 5.48. The van der Waals surface area contributed by atoms with Crippen LogP contribution in [0.3, 0.4) is 0 Å². The number of halogens is 1. The van der Waals surface area contributed by atoms with E-state index in [0.717, 1.165) is 55.0 Å². The largest absolute Gasteiger partial charge is 0.323 e. The third kappa shape index (κ3) is 3.65. The van der Waals surface area contributed by atoms with Crippen molar-refractivity contribution >= 4 is 11.0 Å². The molecule has 0 bridgehead atoms. The van der Waals surface area contributed by atoms with Gasteiger partial charge in [0.15, 0.2) is 0 Å². The molecule has 0 amide bonds. The van der Waals surface area contributed by atoms with Gasteiger partial charge in [-0.1, -0.05) is 24.3 Å². The van der Waals surface area contributed by atoms with Crippen molar-refractivity contribution in [2.75, 3.05) is 19.6 Å². The molecule has 4 heteroatoms. The number of para-hydroxylation sites is 2. The van der Waals surface area contributed by atoms with Crippen molar-refractivity contribution in [1.29, 1.82) is 0 Å². The smallest absolute Gasteiger partial charge is 0.123 e. The normalized spacial score (nSPS) is 16.4. The molecule has 26 heavy (non-hydrogen) atoms. The third-order valence-electron chi connectivity index (χ3n) is 5.48. The monoisotopic (exact) mass is 350 g/mol. The minimum Gasteiger partial charge on any atom is -0.323 e. The second kappa shape index (κ2) is 7.58. The summed E-state index contributed by atoms with van der Waals surface area (Å²) in [5, 5.41) is 0. The van der Waals surface area contributed by atoms with Crippen LogP contribution in [0.2, 0.25) is 0 Å². The minimum absolute atomic E-state index is 0.193. The number of aromatic nitrogens is 2. The summed E-state index contributed by atoms with van der Waals surface area (Å²) in [6.45, 7) is 7.89. The van der Waals surface area contributed by atoms with E-state index >= 15 is 0 Å². The lowest BCUT2D eigenvalue weighted by molar-refractivity contribution is 0.198. The summed E-state index contributed by atoms with van der Waals surface area (Å²) in [4.78, 5) is 7.34. The van der Waals surface area contributed by atoms with E-state index in [1.165, 1.54) is 25.0 Å². The highest BCUT2D eigenvalue weighted by Gasteiger charge is 2.21. The Morgan fingerprint density at radius 3 is 2.50 bits per heavy atom. The fourth-order valence-electron chi connectivity index (χ4n) is 3.90. The Balaban J connectivity index is 1.60. The van der Waals surface area contributed by atoms with Gasteiger partial charge < -0.3 is 9.47 Å². The molecule has 1 radical (unpaired) electrons. The maximum atomic E-state index is 13.2. The Morgan fingerprint density at radius 2 is 1.77 bits per heavy atom. The average molecular weight is 350 g/mol. The fraction of sp³-hybridized carbons (Fsp3) is 0.364. The molecule has 3 nitrogen and oxygen atoms in total. The van der Waals surface area contributed by atoms with Crippen LogP contribution >= 0.6 is 0 Å². The highest BCUT2D eigenvalue weighted by atomic mass is 19.1. The molecule has 0 aliphatic carbocycles. The zero-order chi connectivity index (χ0) is 17.9. The summed E-state index contributed by atoms with van der Waals surface area (Å²) in [6, 6.07) is 15.1. The van der Waals surface area contributed by atoms with E-state index in [9.17, 15) is 4.39 Å². The molecule has 2 aromatic carbocycles. The first-order valence-corrected chi connectivity index (χ1v) is 9.43. The Labute approximate surface area is 154 Å². The van der Waals surface area contributed by atoms with Crippen LogP contribution in [0, 0.1) is 18.7 Å². The molecule has 1 aliphatic rings. The molecule has 0 N–H and O–H groups in total. The first-order chi connectivity index (χ1) is 12.7. The van der Waals surface area contributed by atoms with Crippen molar-refractivity contribution in [2.45, 2.75) is 25.8 Å². The highest BCUT2D eigenvalue weighted by Crippen LogP contribution is 2.25. The number of rotatable bonds is 5. The predicted octanol–water partition coefficient (Wildman–Crippen LogP) is 4.31. The van der Waals surface area contributed by atoms with Crippen LogP contribution in [0.1, 0.15) is 24.2 Å². The van der Waals surface area contributed by atoms with Crippen LogP contribution in [0.25, 0.3) is 11.0 Å². The SMILES string of the molecule is [CH2]CN1CCC(Cc2nc3ccccc3n2Cc2ccc(F)cc2)CC1. The molecule has 3 aromatic rings. The molecule has 0 spiro atoms. The van der Waals surface area contributed by atoms with Crippen LogP contribution in [-0.2, 0) is 13.0 Å². The summed E-state index contributed by atoms with van der Waals surface area (Å²) >= 11 is 0. The fourth-order valence-corrected chi connectivity index (χ4v) is 3.90. The summed E-state index contributed by atoms with van der Waals surface area (Å²) in [5.74, 6) is 1.62. The van der Waals surface area contributed by atoms with Gasteiger partial charge in [0.1, 0.15) is 11.6 Å². The quantitative estimate of drug-likeness (QED) is 0.684. The molecule has 1 saturated heterocycles. The number of likely N-dealkylation sites (tertiary alicyclic amines) is 1. The van der Waals surface area contributed by atoms with E-state index < -0.39 is 0 Å². The van der Waals surface area contributed by atoms with Crippen LogP contribution in [-0.4, -0.2) is 34.1 Å². The van der Waals surface area contributed by atoms with Gasteiger partial charge in [0.05, 0.1) is 11.0 Å². The maximum Gasteiger partial charge on any atom is 0.123 e. The van der Waals surface area contributed by atoms with Crippen molar-refractivity contribution in [2.24, 2.45) is 5.92 Å². The van der Waals surface area contributed by atoms with Gasteiger partial charge in [0.25, 0.3) is 0 Å². The number of imidazole rings is 1. The van der Waals surface area contributed by atoms with Crippen LogP contribution < -0.4 is 0 Å². The van der Waals surface area contributed by atoms with Crippen LogP contribution in [0.5, 0.6) is 0 Å². The van der Waals surface area contributed by atoms with Gasteiger partial charge in [-0.2, -0.15) is 0 Å². The lowest BCUT2D eigenvalue weighted by Crippen LogP contribution is -2.34. The van der Waals surface area contributed by atoms with E-state index in [0.29, 0.717) is 5.92 Å². The Bertz CT molecular complexity index is 861. The molecular formula is C22H25FN3. The highest BCUT2D eigenvalue weighted by molar-refractivity contribution is 5.76. The van der Waals surface area contributed by atoms with Gasteiger partial charge in [0.2, 0.25) is 0 Å². The summed E-state index contributed by atoms with van der Waals surface area (Å²) in [6.07, 6.45) is 3.41. The number of piperidine rings is 1. The van der Waals surface area contributed by atoms with Gasteiger partial charge in [-0.3, -0.25) is 0 Å². The predicted molar refractivity (Wildman–Crippen MR) is 103 cm³/mol. The lowest BCUT2D eigenvalue weighted by Gasteiger charge is -2.30. The van der Waals surface area contributed by atoms with E-state index in [-0.39, 0.29) is 5.82 Å². The molecule has 0 atom stereocenters. The van der Waals surface area contributed by atoms with Crippen molar-refractivity contribution in [3.63, 3.8) is 0 Å².